The molecule has 10 heteroatoms. The third-order valence-corrected chi connectivity index (χ3v) is 4.11. The van der Waals surface area contributed by atoms with Gasteiger partial charge in [-0.15, -0.1) is 0 Å². The molecule has 3 N–H and O–H groups in total. The van der Waals surface area contributed by atoms with Crippen LogP contribution >= 0.6 is 0 Å². The van der Waals surface area contributed by atoms with Crippen LogP contribution in [0.1, 0.15) is 51.4 Å². The Morgan fingerprint density at radius 2 is 1.92 bits per heavy atom. The maximum Gasteiger partial charge on any atom is 0.256 e. The molecule has 2 rings (SSSR count). The first kappa shape index (κ1) is 31.8. The number of anilines is 2. The van der Waals surface area contributed by atoms with Crippen molar-refractivity contribution in [2.75, 3.05) is 31.8 Å². The summed E-state index contributed by atoms with van der Waals surface area (Å²) >= 11 is 0. The molecule has 2 heterocycles. The summed E-state index contributed by atoms with van der Waals surface area (Å²) in [4.78, 5) is 33.4. The normalized spacial score (nSPS) is 11.3. The van der Waals surface area contributed by atoms with Gasteiger partial charge in [-0.3, -0.25) is 19.5 Å². The van der Waals surface area contributed by atoms with E-state index < -0.39 is 0 Å². The molecule has 0 bridgehead atoms. The second-order valence-electron chi connectivity index (χ2n) is 6.86. The van der Waals surface area contributed by atoms with Crippen molar-refractivity contribution < 1.29 is 9.59 Å². The van der Waals surface area contributed by atoms with Crippen LogP contribution in [-0.4, -0.2) is 58.8 Å². The van der Waals surface area contributed by atoms with Crippen LogP contribution < -0.4 is 16.0 Å². The van der Waals surface area contributed by atoms with Gasteiger partial charge >= 0.3 is 0 Å². The number of nitrogens with one attached hydrogen (secondary N) is 3. The minimum absolute atomic E-state index is 0.273. The van der Waals surface area contributed by atoms with Crippen molar-refractivity contribution in [2.24, 2.45) is 4.99 Å². The van der Waals surface area contributed by atoms with E-state index in [9.17, 15) is 9.59 Å². The van der Waals surface area contributed by atoms with E-state index in [2.05, 4.69) is 51.5 Å². The molecule has 0 aliphatic rings. The van der Waals surface area contributed by atoms with Gasteiger partial charge in [0.1, 0.15) is 23.0 Å². The molecule has 0 saturated heterocycles. The third kappa shape index (κ3) is 9.57. The Kier molecular flexibility index (Phi) is 16.0. The van der Waals surface area contributed by atoms with Crippen molar-refractivity contribution in [3.63, 3.8) is 0 Å². The van der Waals surface area contributed by atoms with E-state index in [0.29, 0.717) is 35.1 Å². The molecule has 2 aromatic heterocycles. The van der Waals surface area contributed by atoms with Gasteiger partial charge in [-0.2, -0.15) is 9.61 Å². The number of carbonyl (C=O) groups is 2. The highest BCUT2D eigenvalue weighted by atomic mass is 16.1. The molecule has 0 unspecified atom stereocenters. The molecule has 0 aliphatic heterocycles. The summed E-state index contributed by atoms with van der Waals surface area (Å²) in [7, 11) is 4.91. The van der Waals surface area contributed by atoms with Gasteiger partial charge in [-0.1, -0.05) is 52.8 Å². The number of fused-ring (bicyclic) bond motifs is 1. The highest BCUT2D eigenvalue weighted by Gasteiger charge is 2.15. The molecular formula is C26H40N8O2. The van der Waals surface area contributed by atoms with Gasteiger partial charge in [0.2, 0.25) is 6.41 Å². The Morgan fingerprint density at radius 3 is 2.44 bits per heavy atom. The van der Waals surface area contributed by atoms with Gasteiger partial charge < -0.3 is 16.0 Å². The maximum absolute atomic E-state index is 12.1. The molecule has 0 spiro atoms. The Morgan fingerprint density at radius 1 is 1.25 bits per heavy atom. The van der Waals surface area contributed by atoms with E-state index in [1.165, 1.54) is 17.5 Å². The van der Waals surface area contributed by atoms with Gasteiger partial charge in [-0.25, -0.2) is 4.98 Å². The van der Waals surface area contributed by atoms with Crippen LogP contribution in [-0.2, 0) is 4.79 Å². The predicted octanol–water partition coefficient (Wildman–Crippen LogP) is 4.63. The van der Waals surface area contributed by atoms with E-state index in [0.717, 1.165) is 5.70 Å². The second kappa shape index (κ2) is 18.2. The second-order valence-corrected chi connectivity index (χ2v) is 6.86. The zero-order valence-electron chi connectivity index (χ0n) is 22.7. The number of nitrogens with zero attached hydrogens (tertiary/aromatic N) is 5. The summed E-state index contributed by atoms with van der Waals surface area (Å²) in [6.45, 7) is 13.7. The summed E-state index contributed by atoms with van der Waals surface area (Å²) in [5.41, 5.74) is 1.55. The summed E-state index contributed by atoms with van der Waals surface area (Å²) < 4.78 is 1.55. The lowest BCUT2D eigenvalue weighted by molar-refractivity contribution is -0.113. The summed E-state index contributed by atoms with van der Waals surface area (Å²) in [6.07, 6.45) is 13.4. The summed E-state index contributed by atoms with van der Waals surface area (Å²) in [6, 6.07) is 1.77. The van der Waals surface area contributed by atoms with Crippen molar-refractivity contribution in [1.82, 2.24) is 24.8 Å². The lowest BCUT2D eigenvalue weighted by atomic mass is 10.3. The van der Waals surface area contributed by atoms with Crippen LogP contribution in [0.2, 0.25) is 0 Å². The van der Waals surface area contributed by atoms with Gasteiger partial charge in [0.25, 0.3) is 5.91 Å². The Bertz CT molecular complexity index is 1100. The van der Waals surface area contributed by atoms with E-state index in [1.54, 1.807) is 68.3 Å². The number of amidine groups is 1. The monoisotopic (exact) mass is 496 g/mol. The third-order valence-electron chi connectivity index (χ3n) is 4.11. The predicted molar refractivity (Wildman–Crippen MR) is 150 cm³/mol. The molecule has 0 saturated carbocycles. The number of carbonyl (C=O) groups excluding carboxylic acids is 2. The highest BCUT2D eigenvalue weighted by molar-refractivity contribution is 6.00. The first-order valence-corrected chi connectivity index (χ1v) is 11.8. The quantitative estimate of drug-likeness (QED) is 0.202. The van der Waals surface area contributed by atoms with Gasteiger partial charge in [-0.05, 0) is 25.2 Å². The Balaban J connectivity index is 0.00000227. The van der Waals surface area contributed by atoms with Crippen molar-refractivity contribution in [1.29, 1.82) is 0 Å². The molecule has 2 aromatic rings. The lowest BCUT2D eigenvalue weighted by Gasteiger charge is -2.11. The first-order chi connectivity index (χ1) is 17.4. The number of rotatable bonds is 9. The number of allylic oxidation sites excluding steroid dienone is 5. The largest absolute Gasteiger partial charge is 0.373 e. The SMILES string of the molecule is C=C/C=C\C(=NC)N(C=O)/C=C\C=C(/C)Nc1cc(NC)n2ncc(C(=O)NC)c2n1.CC.CCC. The smallest absolute Gasteiger partial charge is 0.256 e. The topological polar surface area (TPSA) is 116 Å². The molecule has 0 aliphatic carbocycles. The molecule has 196 valence electrons. The number of hydrogen-bond acceptors (Lipinski definition) is 7. The molecule has 10 nitrogen and oxygen atoms in total. The van der Waals surface area contributed by atoms with Gasteiger partial charge in [0.15, 0.2) is 5.65 Å². The molecular weight excluding hydrogens is 456 g/mol. The standard InChI is InChI=1S/C21H26N8O2.C3H8.C2H6/c1-6-7-10-18(22-3)28(14-30)11-8-9-15(2)26-17-12-19(23-4)29-20(27-17)16(13-25-29)21(31)24-5;1-3-2;1-2/h6-14,23H,1H2,2-5H3,(H,24,31)(H,26,27);3H2,1-2H3;1-2H3/b10-7-,11-8-,15-9+,22-18?;;. The highest BCUT2D eigenvalue weighted by Crippen LogP contribution is 2.19. The zero-order valence-corrected chi connectivity index (χ0v) is 22.7. The average Bonchev–Trinajstić information content (AvgIpc) is 3.32. The van der Waals surface area contributed by atoms with Gasteiger partial charge in [0.05, 0.1) is 6.20 Å². The van der Waals surface area contributed by atoms with E-state index in [4.69, 9.17) is 0 Å². The Hall–Kier alpha value is -4.21. The van der Waals surface area contributed by atoms with Crippen LogP contribution in [0.25, 0.3) is 5.65 Å². The van der Waals surface area contributed by atoms with Crippen LogP contribution in [0.15, 0.2) is 66.1 Å². The summed E-state index contributed by atoms with van der Waals surface area (Å²) in [5.74, 6) is 1.39. The van der Waals surface area contributed by atoms with Crippen LogP contribution in [0, 0.1) is 0 Å². The number of hydrogen-bond donors (Lipinski definition) is 3. The molecule has 0 fully saturated rings. The fraction of sp³-hybridized carbons (Fsp3) is 0.346. The van der Waals surface area contributed by atoms with E-state index in [1.807, 2.05) is 20.8 Å². The van der Waals surface area contributed by atoms with Crippen LogP contribution in [0.3, 0.4) is 0 Å². The van der Waals surface area contributed by atoms with E-state index >= 15 is 0 Å². The first-order valence-electron chi connectivity index (χ1n) is 11.8. The molecule has 0 radical (unpaired) electrons. The van der Waals surface area contributed by atoms with Crippen molar-refractivity contribution in [3.05, 3.63) is 66.7 Å². The summed E-state index contributed by atoms with van der Waals surface area (Å²) in [5, 5.41) is 13.0. The minimum Gasteiger partial charge on any atom is -0.373 e. The van der Waals surface area contributed by atoms with E-state index in [-0.39, 0.29) is 5.91 Å². The Labute approximate surface area is 214 Å². The van der Waals surface area contributed by atoms with Gasteiger partial charge in [0, 0.05) is 39.1 Å². The van der Waals surface area contributed by atoms with Crippen molar-refractivity contribution in [3.8, 4) is 0 Å². The number of aromatic nitrogens is 3. The lowest BCUT2D eigenvalue weighted by Crippen LogP contribution is -2.22. The minimum atomic E-state index is -0.273. The molecule has 0 aromatic carbocycles. The number of amides is 2. The van der Waals surface area contributed by atoms with Crippen molar-refractivity contribution >= 4 is 35.4 Å². The average molecular weight is 497 g/mol. The maximum atomic E-state index is 12.1. The molecule has 2 amide bonds. The van der Waals surface area contributed by atoms with Crippen molar-refractivity contribution in [2.45, 2.75) is 41.0 Å². The fourth-order valence-electron chi connectivity index (χ4n) is 2.62. The fourth-order valence-corrected chi connectivity index (χ4v) is 2.62. The number of aliphatic imine (C=N–C) groups is 1. The molecule has 36 heavy (non-hydrogen) atoms. The van der Waals surface area contributed by atoms with Crippen LogP contribution in [0.4, 0.5) is 11.6 Å². The molecule has 0 atom stereocenters. The zero-order chi connectivity index (χ0) is 27.5. The van der Waals surface area contributed by atoms with Crippen LogP contribution in [0.5, 0.6) is 0 Å².